The van der Waals surface area contributed by atoms with Crippen LogP contribution in [0.3, 0.4) is 0 Å². The molecule has 1 aromatic carbocycles. The second-order valence-corrected chi connectivity index (χ2v) is 7.55. The number of methoxy groups -OCH3 is 1. The van der Waals surface area contributed by atoms with Crippen LogP contribution in [-0.2, 0) is 16.1 Å². The van der Waals surface area contributed by atoms with E-state index in [2.05, 4.69) is 5.16 Å². The zero-order valence-corrected chi connectivity index (χ0v) is 16.9. The van der Waals surface area contributed by atoms with E-state index >= 15 is 0 Å². The van der Waals surface area contributed by atoms with Crippen LogP contribution in [0.1, 0.15) is 43.2 Å². The fourth-order valence-electron chi connectivity index (χ4n) is 3.13. The molecule has 0 radical (unpaired) electrons. The third-order valence-corrected chi connectivity index (χ3v) is 5.50. The molecule has 0 N–H and O–H groups in total. The molecule has 0 spiro atoms. The van der Waals surface area contributed by atoms with E-state index in [0.717, 1.165) is 4.88 Å². The number of fused-ring (bicyclic) bond motifs is 1. The number of hydrogen-bond donors (Lipinski definition) is 0. The first-order valence-corrected chi connectivity index (χ1v) is 10.1. The zero-order valence-electron chi connectivity index (χ0n) is 16.1. The van der Waals surface area contributed by atoms with Crippen molar-refractivity contribution in [1.82, 2.24) is 10.1 Å². The van der Waals surface area contributed by atoms with E-state index < -0.39 is 11.9 Å². The van der Waals surface area contributed by atoms with Gasteiger partial charge in [-0.2, -0.15) is 0 Å². The van der Waals surface area contributed by atoms with Crippen LogP contribution < -0.4 is 0 Å². The summed E-state index contributed by atoms with van der Waals surface area (Å²) in [7, 11) is 1.56. The lowest BCUT2D eigenvalue weighted by Crippen LogP contribution is -2.31. The first kappa shape index (κ1) is 20.0. The van der Waals surface area contributed by atoms with Crippen molar-refractivity contribution in [2.24, 2.45) is 0 Å². The van der Waals surface area contributed by atoms with Crippen LogP contribution in [0.4, 0.5) is 0 Å². The fourth-order valence-corrected chi connectivity index (χ4v) is 3.80. The van der Waals surface area contributed by atoms with E-state index in [4.69, 9.17) is 14.0 Å². The Bertz CT molecular complexity index is 1090. The maximum absolute atomic E-state index is 12.6. The molecular formula is C21H18N2O6S. The summed E-state index contributed by atoms with van der Waals surface area (Å²) in [6, 6.07) is 9.87. The van der Waals surface area contributed by atoms with Crippen molar-refractivity contribution in [2.45, 2.75) is 13.0 Å². The van der Waals surface area contributed by atoms with Gasteiger partial charge in [-0.25, -0.2) is 4.79 Å². The number of benzene rings is 1. The molecule has 0 unspecified atom stereocenters. The smallest absolute Gasteiger partial charge is 0.338 e. The molecule has 1 aliphatic heterocycles. The summed E-state index contributed by atoms with van der Waals surface area (Å²) in [5, 5.41) is 5.83. The summed E-state index contributed by atoms with van der Waals surface area (Å²) < 4.78 is 15.5. The van der Waals surface area contributed by atoms with Crippen LogP contribution in [0.15, 0.2) is 46.3 Å². The van der Waals surface area contributed by atoms with Crippen molar-refractivity contribution in [3.63, 3.8) is 0 Å². The van der Waals surface area contributed by atoms with Crippen molar-refractivity contribution in [3.05, 3.63) is 64.2 Å². The average Bonchev–Trinajstić information content (AvgIpc) is 3.49. The first-order valence-electron chi connectivity index (χ1n) is 9.24. The van der Waals surface area contributed by atoms with Gasteiger partial charge in [0.2, 0.25) is 0 Å². The van der Waals surface area contributed by atoms with E-state index in [1.165, 1.54) is 34.4 Å². The van der Waals surface area contributed by atoms with E-state index in [1.54, 1.807) is 13.2 Å². The summed E-state index contributed by atoms with van der Waals surface area (Å²) in [6.45, 7) is 0.640. The molecule has 1 aliphatic rings. The largest absolute Gasteiger partial charge is 0.455 e. The van der Waals surface area contributed by atoms with Crippen LogP contribution in [-0.4, -0.2) is 48.1 Å². The number of esters is 1. The molecule has 154 valence electrons. The number of hydrogen-bond acceptors (Lipinski definition) is 8. The molecule has 3 aromatic rings. The van der Waals surface area contributed by atoms with Crippen molar-refractivity contribution in [1.29, 1.82) is 0 Å². The van der Waals surface area contributed by atoms with Gasteiger partial charge in [0.15, 0.2) is 5.76 Å². The maximum atomic E-state index is 12.6. The highest BCUT2D eigenvalue weighted by molar-refractivity contribution is 7.13. The lowest BCUT2D eigenvalue weighted by Gasteiger charge is -2.12. The normalized spacial score (nSPS) is 13.0. The Balaban J connectivity index is 1.41. The van der Waals surface area contributed by atoms with Crippen LogP contribution in [0.2, 0.25) is 0 Å². The standard InChI is InChI=1S/C21H18N2O6S/c1-27-8-3-7-23-19(24)15-6-5-13(10-16(15)20(23)25)21(26)28-12-14-11-17(29-22-14)18-4-2-9-30-18/h2,4-6,9-11H,3,7-8,12H2,1H3. The number of imide groups is 1. The van der Waals surface area contributed by atoms with Gasteiger partial charge in [0, 0.05) is 26.3 Å². The molecule has 3 heterocycles. The van der Waals surface area contributed by atoms with Crippen LogP contribution in [0, 0.1) is 0 Å². The maximum Gasteiger partial charge on any atom is 0.338 e. The predicted molar refractivity (Wildman–Crippen MR) is 107 cm³/mol. The highest BCUT2D eigenvalue weighted by Crippen LogP contribution is 2.26. The second kappa shape index (κ2) is 8.60. The van der Waals surface area contributed by atoms with E-state index in [0.29, 0.717) is 24.5 Å². The molecular weight excluding hydrogens is 408 g/mol. The third-order valence-electron chi connectivity index (χ3n) is 4.61. The molecule has 0 aliphatic carbocycles. The molecule has 0 atom stereocenters. The van der Waals surface area contributed by atoms with E-state index in [-0.39, 0.29) is 35.7 Å². The van der Waals surface area contributed by atoms with Gasteiger partial charge in [0.05, 0.1) is 21.6 Å². The van der Waals surface area contributed by atoms with Gasteiger partial charge in [-0.15, -0.1) is 11.3 Å². The Kier molecular flexibility index (Phi) is 5.73. The summed E-state index contributed by atoms with van der Waals surface area (Å²) >= 11 is 1.52. The summed E-state index contributed by atoms with van der Waals surface area (Å²) in [6.07, 6.45) is 0.544. The SMILES string of the molecule is COCCCN1C(=O)c2ccc(C(=O)OCc3cc(-c4cccs4)on3)cc2C1=O. The molecule has 2 amide bonds. The van der Waals surface area contributed by atoms with Crippen molar-refractivity contribution < 1.29 is 28.4 Å². The van der Waals surface area contributed by atoms with Gasteiger partial charge < -0.3 is 14.0 Å². The molecule has 0 saturated carbocycles. The van der Waals surface area contributed by atoms with Gasteiger partial charge in [-0.1, -0.05) is 11.2 Å². The van der Waals surface area contributed by atoms with Crippen molar-refractivity contribution >= 4 is 29.1 Å². The molecule has 8 nitrogen and oxygen atoms in total. The highest BCUT2D eigenvalue weighted by Gasteiger charge is 2.35. The predicted octanol–water partition coefficient (Wildman–Crippen LogP) is 3.39. The topological polar surface area (TPSA) is 98.9 Å². The summed E-state index contributed by atoms with van der Waals surface area (Å²) in [4.78, 5) is 39.5. The van der Waals surface area contributed by atoms with Gasteiger partial charge in [0.1, 0.15) is 12.3 Å². The molecule has 30 heavy (non-hydrogen) atoms. The Morgan fingerprint density at radius 3 is 2.77 bits per heavy atom. The van der Waals surface area contributed by atoms with E-state index in [9.17, 15) is 14.4 Å². The number of rotatable bonds is 8. The lowest BCUT2D eigenvalue weighted by atomic mass is 10.1. The molecule has 9 heteroatoms. The molecule has 0 fully saturated rings. The number of aromatic nitrogens is 1. The number of ether oxygens (including phenoxy) is 2. The van der Waals surface area contributed by atoms with Gasteiger partial charge >= 0.3 is 5.97 Å². The fraction of sp³-hybridized carbons (Fsp3) is 0.238. The third kappa shape index (κ3) is 3.89. The van der Waals surface area contributed by atoms with E-state index in [1.807, 2.05) is 17.5 Å². The monoisotopic (exact) mass is 426 g/mol. The van der Waals surface area contributed by atoms with Crippen molar-refractivity contribution in [2.75, 3.05) is 20.3 Å². The Labute approximate surface area is 176 Å². The Morgan fingerprint density at radius 2 is 2.00 bits per heavy atom. The highest BCUT2D eigenvalue weighted by atomic mass is 32.1. The number of carbonyl (C=O) groups excluding carboxylic acids is 3. The van der Waals surface area contributed by atoms with Crippen molar-refractivity contribution in [3.8, 4) is 10.6 Å². The summed E-state index contributed by atoms with van der Waals surface area (Å²) in [5.41, 5.74) is 1.15. The second-order valence-electron chi connectivity index (χ2n) is 6.60. The lowest BCUT2D eigenvalue weighted by molar-refractivity contribution is 0.0464. The van der Waals surface area contributed by atoms with Crippen LogP contribution >= 0.6 is 11.3 Å². The minimum absolute atomic E-state index is 0.0686. The minimum Gasteiger partial charge on any atom is -0.455 e. The molecule has 4 rings (SSSR count). The Hall–Kier alpha value is -3.30. The quantitative estimate of drug-likeness (QED) is 0.309. The van der Waals surface area contributed by atoms with Gasteiger partial charge in [-0.05, 0) is 36.1 Å². The average molecular weight is 426 g/mol. The van der Waals surface area contributed by atoms with Crippen LogP contribution in [0.25, 0.3) is 10.6 Å². The number of thiophene rings is 1. The zero-order chi connectivity index (χ0) is 21.1. The molecule has 0 saturated heterocycles. The number of carbonyl (C=O) groups is 3. The number of nitrogens with zero attached hydrogens (tertiary/aromatic N) is 2. The number of amides is 2. The molecule has 0 bridgehead atoms. The van der Waals surface area contributed by atoms with Crippen LogP contribution in [0.5, 0.6) is 0 Å². The Morgan fingerprint density at radius 1 is 1.17 bits per heavy atom. The first-order chi connectivity index (χ1) is 14.6. The molecule has 2 aromatic heterocycles. The van der Waals surface area contributed by atoms with Gasteiger partial charge in [-0.3, -0.25) is 14.5 Å². The summed E-state index contributed by atoms with van der Waals surface area (Å²) in [5.74, 6) is -0.796. The minimum atomic E-state index is -0.614. The van der Waals surface area contributed by atoms with Gasteiger partial charge in [0.25, 0.3) is 11.8 Å².